The summed E-state index contributed by atoms with van der Waals surface area (Å²) in [4.78, 5) is 20.7. The molecule has 0 aliphatic carbocycles. The van der Waals surface area contributed by atoms with Gasteiger partial charge >= 0.3 is 6.09 Å². The number of nitrogens with two attached hydrogens (primary N) is 1. The zero-order chi connectivity index (χ0) is 8.85. The van der Waals surface area contributed by atoms with Gasteiger partial charge in [0.05, 0.1) is 6.04 Å². The second-order valence-corrected chi connectivity index (χ2v) is 2.19. The van der Waals surface area contributed by atoms with Crippen molar-refractivity contribution in [2.75, 3.05) is 0 Å². The molecule has 1 unspecified atom stereocenters. The third-order valence-corrected chi connectivity index (χ3v) is 1.17. The molecule has 1 atom stereocenters. The molecule has 4 N–H and O–H groups in total. The third-order valence-electron chi connectivity index (χ3n) is 1.17. The minimum atomic E-state index is -1.36. The normalized spacial score (nSPS) is 12.2. The molecule has 11 heavy (non-hydrogen) atoms. The van der Waals surface area contributed by atoms with E-state index in [0.29, 0.717) is 6.42 Å². The van der Waals surface area contributed by atoms with Gasteiger partial charge in [0.2, 0.25) is 5.91 Å². The molecule has 5 nitrogen and oxygen atoms in total. The lowest BCUT2D eigenvalue weighted by atomic mass is 10.2. The molecule has 0 aromatic carbocycles. The Hall–Kier alpha value is -1.10. The molecule has 0 rings (SSSR count). The van der Waals surface area contributed by atoms with Crippen molar-refractivity contribution >= 4 is 12.0 Å². The summed E-state index contributed by atoms with van der Waals surface area (Å²) in [6, 6.07) is -0.712. The summed E-state index contributed by atoms with van der Waals surface area (Å²) in [6.07, 6.45) is -0.102. The molecule has 0 radical (unpaired) electrons. The fraction of sp³-hybridized carbons (Fsp3) is 0.667. The first-order valence-electron chi connectivity index (χ1n) is 3.37. The van der Waals surface area contributed by atoms with Crippen molar-refractivity contribution in [1.29, 1.82) is 0 Å². The SMILES string of the molecule is CCCC(N)C(=O)NC(=O)O. The maximum absolute atomic E-state index is 10.7. The number of amides is 2. The maximum Gasteiger partial charge on any atom is 0.411 e. The number of carbonyl (C=O) groups is 2. The number of carboxylic acid groups (broad SMARTS) is 1. The van der Waals surface area contributed by atoms with Crippen molar-refractivity contribution in [2.45, 2.75) is 25.8 Å². The van der Waals surface area contributed by atoms with Crippen LogP contribution in [0.1, 0.15) is 19.8 Å². The van der Waals surface area contributed by atoms with E-state index < -0.39 is 18.0 Å². The van der Waals surface area contributed by atoms with E-state index >= 15 is 0 Å². The summed E-state index contributed by atoms with van der Waals surface area (Å²) in [7, 11) is 0. The molecular formula is C6H12N2O3. The van der Waals surface area contributed by atoms with Crippen LogP contribution in [-0.4, -0.2) is 23.1 Å². The molecule has 0 saturated heterocycles. The highest BCUT2D eigenvalue weighted by molar-refractivity contribution is 5.93. The van der Waals surface area contributed by atoms with Crippen molar-refractivity contribution in [3.63, 3.8) is 0 Å². The van der Waals surface area contributed by atoms with E-state index in [2.05, 4.69) is 0 Å². The minimum absolute atomic E-state index is 0.499. The molecule has 0 aromatic heterocycles. The molecule has 0 bridgehead atoms. The first kappa shape index (κ1) is 9.90. The van der Waals surface area contributed by atoms with Crippen molar-refractivity contribution in [1.82, 2.24) is 5.32 Å². The summed E-state index contributed by atoms with van der Waals surface area (Å²) in [5.74, 6) is -0.639. The first-order chi connectivity index (χ1) is 5.07. The lowest BCUT2D eigenvalue weighted by molar-refractivity contribution is -0.121. The van der Waals surface area contributed by atoms with Crippen LogP contribution in [0.2, 0.25) is 0 Å². The fourth-order valence-corrected chi connectivity index (χ4v) is 0.640. The highest BCUT2D eigenvalue weighted by atomic mass is 16.4. The molecule has 2 amide bonds. The van der Waals surface area contributed by atoms with E-state index in [9.17, 15) is 9.59 Å². The van der Waals surface area contributed by atoms with Crippen LogP contribution in [0.4, 0.5) is 4.79 Å². The molecule has 0 aliphatic heterocycles. The Kier molecular flexibility index (Phi) is 4.21. The largest absolute Gasteiger partial charge is 0.465 e. The Labute approximate surface area is 64.6 Å². The summed E-state index contributed by atoms with van der Waals surface area (Å²) in [5.41, 5.74) is 5.30. The van der Waals surface area contributed by atoms with E-state index in [1.54, 1.807) is 5.32 Å². The van der Waals surface area contributed by atoms with Gasteiger partial charge in [0.25, 0.3) is 0 Å². The van der Waals surface area contributed by atoms with E-state index in [-0.39, 0.29) is 0 Å². The summed E-state index contributed by atoms with van der Waals surface area (Å²) < 4.78 is 0. The van der Waals surface area contributed by atoms with E-state index in [4.69, 9.17) is 10.8 Å². The number of rotatable bonds is 3. The second-order valence-electron chi connectivity index (χ2n) is 2.19. The maximum atomic E-state index is 10.7. The van der Waals surface area contributed by atoms with Gasteiger partial charge in [0.1, 0.15) is 0 Å². The molecule has 64 valence electrons. The van der Waals surface area contributed by atoms with Crippen LogP contribution in [0.25, 0.3) is 0 Å². The van der Waals surface area contributed by atoms with Crippen LogP contribution in [-0.2, 0) is 4.79 Å². The molecule has 0 heterocycles. The number of carbonyl (C=O) groups excluding carboxylic acids is 1. The molecule has 0 fully saturated rings. The molecule has 0 saturated carbocycles. The van der Waals surface area contributed by atoms with Gasteiger partial charge in [-0.05, 0) is 6.42 Å². The van der Waals surface area contributed by atoms with Gasteiger partial charge in [0, 0.05) is 0 Å². The third kappa shape index (κ3) is 4.32. The van der Waals surface area contributed by atoms with Gasteiger partial charge in [-0.2, -0.15) is 0 Å². The Bertz CT molecular complexity index is 158. The van der Waals surface area contributed by atoms with Crippen LogP contribution in [0.15, 0.2) is 0 Å². The highest BCUT2D eigenvalue weighted by Crippen LogP contribution is 1.92. The summed E-state index contributed by atoms with van der Waals surface area (Å²) >= 11 is 0. The topological polar surface area (TPSA) is 92.4 Å². The van der Waals surface area contributed by atoms with Crippen molar-refractivity contribution in [2.24, 2.45) is 5.73 Å². The minimum Gasteiger partial charge on any atom is -0.465 e. The van der Waals surface area contributed by atoms with Crippen molar-refractivity contribution in [3.05, 3.63) is 0 Å². The van der Waals surface area contributed by atoms with Crippen LogP contribution < -0.4 is 11.1 Å². The molecule has 0 aromatic rings. The van der Waals surface area contributed by atoms with Crippen LogP contribution >= 0.6 is 0 Å². The van der Waals surface area contributed by atoms with Crippen LogP contribution in [0, 0.1) is 0 Å². The van der Waals surface area contributed by atoms with E-state index in [1.165, 1.54) is 0 Å². The lowest BCUT2D eigenvalue weighted by Crippen LogP contribution is -2.42. The zero-order valence-electron chi connectivity index (χ0n) is 6.33. The van der Waals surface area contributed by atoms with Crippen LogP contribution in [0.5, 0.6) is 0 Å². The Morgan fingerprint density at radius 2 is 2.18 bits per heavy atom. The van der Waals surface area contributed by atoms with Crippen LogP contribution in [0.3, 0.4) is 0 Å². The van der Waals surface area contributed by atoms with Gasteiger partial charge < -0.3 is 10.8 Å². The fourth-order valence-electron chi connectivity index (χ4n) is 0.640. The Balaban J connectivity index is 3.73. The monoisotopic (exact) mass is 160 g/mol. The predicted octanol–water partition coefficient (Wildman–Crippen LogP) is -0.0920. The quantitative estimate of drug-likeness (QED) is 0.537. The second kappa shape index (κ2) is 4.68. The Morgan fingerprint density at radius 3 is 2.55 bits per heavy atom. The Morgan fingerprint density at radius 1 is 1.64 bits per heavy atom. The zero-order valence-corrected chi connectivity index (χ0v) is 6.33. The predicted molar refractivity (Wildman–Crippen MR) is 39.1 cm³/mol. The number of hydrogen-bond donors (Lipinski definition) is 3. The standard InChI is InChI=1S/C6H12N2O3/c1-2-3-4(7)5(9)8-6(10)11/h4H,2-3,7H2,1H3,(H,8,9)(H,10,11). The summed E-state index contributed by atoms with van der Waals surface area (Å²) in [5, 5.41) is 9.79. The average molecular weight is 160 g/mol. The smallest absolute Gasteiger partial charge is 0.411 e. The molecule has 0 aliphatic rings. The van der Waals surface area contributed by atoms with Gasteiger partial charge in [-0.15, -0.1) is 0 Å². The van der Waals surface area contributed by atoms with Gasteiger partial charge in [-0.25, -0.2) is 4.79 Å². The first-order valence-corrected chi connectivity index (χ1v) is 3.37. The average Bonchev–Trinajstić information content (AvgIpc) is 1.86. The molecule has 5 heteroatoms. The van der Waals surface area contributed by atoms with E-state index in [1.807, 2.05) is 6.92 Å². The highest BCUT2D eigenvalue weighted by Gasteiger charge is 2.13. The number of hydrogen-bond acceptors (Lipinski definition) is 3. The van der Waals surface area contributed by atoms with Gasteiger partial charge in [-0.3, -0.25) is 10.1 Å². The van der Waals surface area contributed by atoms with Gasteiger partial charge in [0.15, 0.2) is 0 Å². The molecular weight excluding hydrogens is 148 g/mol. The number of imide groups is 1. The van der Waals surface area contributed by atoms with Gasteiger partial charge in [-0.1, -0.05) is 13.3 Å². The van der Waals surface area contributed by atoms with E-state index in [0.717, 1.165) is 6.42 Å². The lowest BCUT2D eigenvalue weighted by Gasteiger charge is -2.06. The summed E-state index contributed by atoms with van der Waals surface area (Å²) in [6.45, 7) is 1.87. The molecule has 0 spiro atoms. The van der Waals surface area contributed by atoms with Crippen molar-refractivity contribution < 1.29 is 14.7 Å². The number of nitrogens with one attached hydrogen (secondary N) is 1. The van der Waals surface area contributed by atoms with Crippen molar-refractivity contribution in [3.8, 4) is 0 Å².